The third kappa shape index (κ3) is 3.53. The first-order valence-electron chi connectivity index (χ1n) is 2.61. The van der Waals surface area contributed by atoms with Crippen LogP contribution in [-0.2, 0) is 10.1 Å². The van der Waals surface area contributed by atoms with Crippen LogP contribution in [0, 0.1) is 0 Å². The van der Waals surface area contributed by atoms with Crippen molar-refractivity contribution in [2.24, 2.45) is 0 Å². The van der Waals surface area contributed by atoms with E-state index in [1.165, 1.54) is 24.3 Å². The first-order valence-corrected chi connectivity index (χ1v) is 4.02. The second-order valence-electron chi connectivity index (χ2n) is 1.77. The van der Waals surface area contributed by atoms with Gasteiger partial charge < -0.3 is 4.55 Å². The van der Waals surface area contributed by atoms with E-state index in [9.17, 15) is 13.0 Å². The van der Waals surface area contributed by atoms with Crippen molar-refractivity contribution in [3.05, 3.63) is 30.3 Å². The number of hydrogen-bond acceptors (Lipinski definition) is 3. The SMILES string of the molecule is O=S(=O)([O-])c1ccccc1.[Ca+2]. The Balaban J connectivity index is 0.000001000. The summed E-state index contributed by atoms with van der Waals surface area (Å²) in [4.78, 5) is -0.185. The van der Waals surface area contributed by atoms with Gasteiger partial charge in [0, 0.05) is 0 Å². The molecule has 0 aliphatic rings. The van der Waals surface area contributed by atoms with Crippen LogP contribution in [0.4, 0.5) is 0 Å². The normalized spacial score (nSPS) is 10.3. The van der Waals surface area contributed by atoms with Crippen LogP contribution in [0.1, 0.15) is 0 Å². The van der Waals surface area contributed by atoms with Crippen LogP contribution in [0.3, 0.4) is 0 Å². The smallest absolute Gasteiger partial charge is 0.744 e. The molecular formula is C6H5CaO3S+. The molecule has 0 saturated carbocycles. The van der Waals surface area contributed by atoms with Gasteiger partial charge in [0.25, 0.3) is 0 Å². The average Bonchev–Trinajstić information content (AvgIpc) is 1.88. The molecular weight excluding hydrogens is 192 g/mol. The minimum Gasteiger partial charge on any atom is -0.744 e. The number of rotatable bonds is 1. The Morgan fingerprint density at radius 2 is 1.55 bits per heavy atom. The van der Waals surface area contributed by atoms with Crippen molar-refractivity contribution in [2.75, 3.05) is 0 Å². The van der Waals surface area contributed by atoms with Gasteiger partial charge >= 0.3 is 37.7 Å². The van der Waals surface area contributed by atoms with Crippen molar-refractivity contribution in [1.82, 2.24) is 0 Å². The minimum absolute atomic E-state index is 0. The summed E-state index contributed by atoms with van der Waals surface area (Å²) in [6.45, 7) is 0. The molecule has 54 valence electrons. The van der Waals surface area contributed by atoms with Crippen LogP contribution in [0.15, 0.2) is 35.2 Å². The van der Waals surface area contributed by atoms with Gasteiger partial charge in [0.1, 0.15) is 10.1 Å². The van der Waals surface area contributed by atoms with E-state index in [2.05, 4.69) is 0 Å². The average molecular weight is 197 g/mol. The van der Waals surface area contributed by atoms with Crippen molar-refractivity contribution in [3.63, 3.8) is 0 Å². The quantitative estimate of drug-likeness (QED) is 0.477. The number of hydrogen-bond donors (Lipinski definition) is 0. The standard InChI is InChI=1S/C6H6O3S.Ca/c7-10(8,9)6-4-2-1-3-5-6;/h1-5H,(H,7,8,9);/q;+2/p-1. The van der Waals surface area contributed by atoms with Crippen LogP contribution in [0.2, 0.25) is 0 Å². The molecule has 0 saturated heterocycles. The maximum atomic E-state index is 10.3. The third-order valence-corrected chi connectivity index (χ3v) is 1.88. The fourth-order valence-corrected chi connectivity index (χ4v) is 1.08. The molecule has 0 bridgehead atoms. The van der Waals surface area contributed by atoms with E-state index in [1.807, 2.05) is 0 Å². The summed E-state index contributed by atoms with van der Waals surface area (Å²) < 4.78 is 30.8. The summed E-state index contributed by atoms with van der Waals surface area (Å²) in [5.41, 5.74) is 0. The molecule has 5 heteroatoms. The second-order valence-corrected chi connectivity index (χ2v) is 3.15. The second kappa shape index (κ2) is 4.42. The van der Waals surface area contributed by atoms with E-state index in [-0.39, 0.29) is 42.6 Å². The van der Waals surface area contributed by atoms with Crippen molar-refractivity contribution in [1.29, 1.82) is 0 Å². The van der Waals surface area contributed by atoms with E-state index in [4.69, 9.17) is 0 Å². The van der Waals surface area contributed by atoms with Gasteiger partial charge in [-0.25, -0.2) is 8.42 Å². The van der Waals surface area contributed by atoms with Gasteiger partial charge in [0.05, 0.1) is 4.90 Å². The molecule has 1 aromatic carbocycles. The number of benzene rings is 1. The molecule has 3 nitrogen and oxygen atoms in total. The van der Waals surface area contributed by atoms with E-state index < -0.39 is 10.1 Å². The molecule has 0 radical (unpaired) electrons. The largest absolute Gasteiger partial charge is 2.00 e. The summed E-state index contributed by atoms with van der Waals surface area (Å²) in [7, 11) is -4.25. The Morgan fingerprint density at radius 3 is 1.82 bits per heavy atom. The molecule has 0 aliphatic heterocycles. The van der Waals surface area contributed by atoms with Gasteiger partial charge in [0.15, 0.2) is 0 Å². The molecule has 1 rings (SSSR count). The molecule has 0 unspecified atom stereocenters. The zero-order chi connectivity index (χ0) is 7.61. The molecule has 0 N–H and O–H groups in total. The molecule has 11 heavy (non-hydrogen) atoms. The maximum Gasteiger partial charge on any atom is 2.00 e. The molecule has 0 amide bonds. The molecule has 0 atom stereocenters. The zero-order valence-electron chi connectivity index (χ0n) is 5.73. The fourth-order valence-electron chi connectivity index (χ4n) is 0.587. The van der Waals surface area contributed by atoms with Gasteiger partial charge in [-0.1, -0.05) is 18.2 Å². The summed E-state index contributed by atoms with van der Waals surface area (Å²) in [5.74, 6) is 0. The Bertz CT molecular complexity index is 306. The molecule has 0 aliphatic carbocycles. The van der Waals surface area contributed by atoms with Crippen LogP contribution in [-0.4, -0.2) is 50.7 Å². The summed E-state index contributed by atoms with van der Waals surface area (Å²) in [6.07, 6.45) is 0. The van der Waals surface area contributed by atoms with Crippen LogP contribution in [0.5, 0.6) is 0 Å². The molecule has 1 aromatic rings. The molecule has 0 spiro atoms. The van der Waals surface area contributed by atoms with E-state index >= 15 is 0 Å². The van der Waals surface area contributed by atoms with Crippen molar-refractivity contribution < 1.29 is 13.0 Å². The minimum atomic E-state index is -4.25. The fraction of sp³-hybridized carbons (Fsp3) is 0. The van der Waals surface area contributed by atoms with E-state index in [0.717, 1.165) is 0 Å². The van der Waals surface area contributed by atoms with Gasteiger partial charge in [-0.05, 0) is 12.1 Å². The monoisotopic (exact) mass is 197 g/mol. The van der Waals surface area contributed by atoms with Crippen LogP contribution in [0.25, 0.3) is 0 Å². The van der Waals surface area contributed by atoms with Crippen LogP contribution >= 0.6 is 0 Å². The van der Waals surface area contributed by atoms with Gasteiger partial charge in [-0.15, -0.1) is 0 Å². The van der Waals surface area contributed by atoms with E-state index in [0.29, 0.717) is 0 Å². The first-order chi connectivity index (χ1) is 4.61. The van der Waals surface area contributed by atoms with Gasteiger partial charge in [-0.3, -0.25) is 0 Å². The van der Waals surface area contributed by atoms with Crippen molar-refractivity contribution in [2.45, 2.75) is 4.90 Å². The summed E-state index contributed by atoms with van der Waals surface area (Å²) in [6, 6.07) is 7.19. The van der Waals surface area contributed by atoms with Crippen molar-refractivity contribution >= 4 is 47.9 Å². The van der Waals surface area contributed by atoms with Crippen LogP contribution < -0.4 is 0 Å². The third-order valence-electron chi connectivity index (χ3n) is 1.03. The Labute approximate surface area is 95.2 Å². The van der Waals surface area contributed by atoms with E-state index in [1.54, 1.807) is 6.07 Å². The Morgan fingerprint density at radius 1 is 1.09 bits per heavy atom. The predicted octanol–water partition coefficient (Wildman–Crippen LogP) is 0.210. The van der Waals surface area contributed by atoms with Gasteiger partial charge in [-0.2, -0.15) is 0 Å². The molecule has 0 aromatic heterocycles. The Kier molecular flexibility index (Phi) is 4.58. The topological polar surface area (TPSA) is 57.2 Å². The molecule has 0 heterocycles. The maximum absolute atomic E-state index is 10.3. The first kappa shape index (κ1) is 11.4. The zero-order valence-corrected chi connectivity index (χ0v) is 8.75. The van der Waals surface area contributed by atoms with Gasteiger partial charge in [0.2, 0.25) is 0 Å². The summed E-state index contributed by atoms with van der Waals surface area (Å²) in [5, 5.41) is 0. The predicted molar refractivity (Wildman–Crippen MR) is 40.2 cm³/mol. The molecule has 0 fully saturated rings. The van der Waals surface area contributed by atoms with Crippen molar-refractivity contribution in [3.8, 4) is 0 Å². The Hall–Kier alpha value is 0.390. The summed E-state index contributed by atoms with van der Waals surface area (Å²) >= 11 is 0.